The molecule has 2 aromatic rings. The summed E-state index contributed by atoms with van der Waals surface area (Å²) >= 11 is 0. The number of non-ortho nitro benzene ring substituents is 1. The van der Waals surface area contributed by atoms with E-state index >= 15 is 0 Å². The van der Waals surface area contributed by atoms with Crippen LogP contribution in [-0.4, -0.2) is 29.8 Å². The van der Waals surface area contributed by atoms with Crippen LogP contribution in [0.3, 0.4) is 0 Å². The van der Waals surface area contributed by atoms with Crippen LogP contribution in [0.15, 0.2) is 42.5 Å². The summed E-state index contributed by atoms with van der Waals surface area (Å²) < 4.78 is 10.6. The molecule has 0 aliphatic heterocycles. The van der Waals surface area contributed by atoms with Gasteiger partial charge in [-0.05, 0) is 32.0 Å². The molecule has 0 fully saturated rings. The Bertz CT molecular complexity index is 849. The van der Waals surface area contributed by atoms with Gasteiger partial charge >= 0.3 is 0 Å². The summed E-state index contributed by atoms with van der Waals surface area (Å²) in [4.78, 5) is 34.4. The highest BCUT2D eigenvalue weighted by molar-refractivity contribution is 6.04. The fourth-order valence-electron chi connectivity index (χ4n) is 2.25. The van der Waals surface area contributed by atoms with Gasteiger partial charge in [-0.25, -0.2) is 0 Å². The Labute approximate surface area is 149 Å². The second kappa shape index (κ2) is 8.11. The largest absolute Gasteiger partial charge is 0.493 e. The van der Waals surface area contributed by atoms with Crippen molar-refractivity contribution in [1.29, 1.82) is 0 Å². The summed E-state index contributed by atoms with van der Waals surface area (Å²) in [5, 5.41) is 13.5. The van der Waals surface area contributed by atoms with E-state index in [0.717, 1.165) is 0 Å². The number of amides is 1. The third-order valence-corrected chi connectivity index (χ3v) is 3.60. The van der Waals surface area contributed by atoms with Gasteiger partial charge in [0.05, 0.1) is 23.8 Å². The van der Waals surface area contributed by atoms with Gasteiger partial charge in [0.2, 0.25) is 0 Å². The summed E-state index contributed by atoms with van der Waals surface area (Å²) in [6.45, 7) is 2.89. The summed E-state index contributed by atoms with van der Waals surface area (Å²) in [7, 11) is 1.39. The molecular weight excluding hydrogens is 340 g/mol. The molecule has 1 amide bonds. The van der Waals surface area contributed by atoms with Crippen LogP contribution < -0.4 is 14.8 Å². The number of ketones is 1. The number of benzene rings is 2. The maximum absolute atomic E-state index is 12.4. The predicted octanol–water partition coefficient (Wildman–Crippen LogP) is 3.21. The summed E-state index contributed by atoms with van der Waals surface area (Å²) in [5.74, 6) is -0.356. The fraction of sp³-hybridized carbons (Fsp3) is 0.222. The first-order valence-corrected chi connectivity index (χ1v) is 7.73. The van der Waals surface area contributed by atoms with Crippen molar-refractivity contribution in [3.8, 4) is 11.5 Å². The van der Waals surface area contributed by atoms with Crippen molar-refractivity contribution in [1.82, 2.24) is 0 Å². The standard InChI is InChI=1S/C18H18N2O6/c1-11(21)14-6-4-5-7-15(14)19-18(22)12(2)26-17-10-13(20(23)24)8-9-16(17)25-3/h4-10,12H,1-3H3,(H,19,22)/t12-/m0/s1. The van der Waals surface area contributed by atoms with Crippen LogP contribution in [0.1, 0.15) is 24.2 Å². The van der Waals surface area contributed by atoms with Crippen molar-refractivity contribution < 1.29 is 24.0 Å². The molecule has 0 radical (unpaired) electrons. The van der Waals surface area contributed by atoms with Gasteiger partial charge in [0.1, 0.15) is 0 Å². The molecule has 0 unspecified atom stereocenters. The van der Waals surface area contributed by atoms with E-state index in [1.165, 1.54) is 39.2 Å². The molecule has 0 spiro atoms. The van der Waals surface area contributed by atoms with Crippen LogP contribution in [0.5, 0.6) is 11.5 Å². The Morgan fingerprint density at radius 2 is 1.85 bits per heavy atom. The summed E-state index contributed by atoms with van der Waals surface area (Å²) in [6, 6.07) is 10.5. The van der Waals surface area contributed by atoms with Crippen LogP contribution in [-0.2, 0) is 4.79 Å². The molecule has 1 N–H and O–H groups in total. The zero-order valence-corrected chi connectivity index (χ0v) is 14.5. The lowest BCUT2D eigenvalue weighted by Crippen LogP contribution is -2.30. The molecule has 26 heavy (non-hydrogen) atoms. The average Bonchev–Trinajstić information content (AvgIpc) is 2.61. The number of nitro groups is 1. The summed E-state index contributed by atoms with van der Waals surface area (Å²) in [5.41, 5.74) is 0.558. The van der Waals surface area contributed by atoms with Gasteiger partial charge < -0.3 is 14.8 Å². The number of nitrogens with one attached hydrogen (secondary N) is 1. The number of carbonyl (C=O) groups excluding carboxylic acids is 2. The smallest absolute Gasteiger partial charge is 0.273 e. The SMILES string of the molecule is COc1ccc([N+](=O)[O-])cc1O[C@@H](C)C(=O)Nc1ccccc1C(C)=O. The fourth-order valence-corrected chi connectivity index (χ4v) is 2.25. The molecule has 8 heteroatoms. The summed E-state index contributed by atoms with van der Waals surface area (Å²) in [6.07, 6.45) is -0.981. The molecule has 0 aliphatic carbocycles. The number of para-hydroxylation sites is 1. The van der Waals surface area contributed by atoms with E-state index in [0.29, 0.717) is 11.3 Å². The third kappa shape index (κ3) is 4.35. The molecule has 2 rings (SSSR count). The van der Waals surface area contributed by atoms with Crippen LogP contribution in [0.4, 0.5) is 11.4 Å². The lowest BCUT2D eigenvalue weighted by atomic mass is 10.1. The van der Waals surface area contributed by atoms with Crippen molar-refractivity contribution >= 4 is 23.1 Å². The number of rotatable bonds is 7. The second-order valence-corrected chi connectivity index (χ2v) is 5.44. The predicted molar refractivity (Wildman–Crippen MR) is 94.8 cm³/mol. The minimum atomic E-state index is -0.981. The van der Waals surface area contributed by atoms with Crippen LogP contribution in [0, 0.1) is 10.1 Å². The average molecular weight is 358 g/mol. The van der Waals surface area contributed by atoms with E-state index in [2.05, 4.69) is 5.32 Å². The number of nitrogens with zero attached hydrogens (tertiary/aromatic N) is 1. The maximum Gasteiger partial charge on any atom is 0.273 e. The molecule has 1 atom stereocenters. The zero-order chi connectivity index (χ0) is 19.3. The highest BCUT2D eigenvalue weighted by Crippen LogP contribution is 2.32. The third-order valence-electron chi connectivity index (χ3n) is 3.60. The molecule has 0 saturated carbocycles. The number of ether oxygens (including phenoxy) is 2. The van der Waals surface area contributed by atoms with Crippen LogP contribution in [0.2, 0.25) is 0 Å². The number of Topliss-reactive ketones (excluding diaryl/α,β-unsaturated/α-hetero) is 1. The van der Waals surface area contributed by atoms with Gasteiger partial charge in [-0.3, -0.25) is 19.7 Å². The van der Waals surface area contributed by atoms with Crippen molar-refractivity contribution in [3.63, 3.8) is 0 Å². The Hall–Kier alpha value is -3.42. The molecule has 136 valence electrons. The van der Waals surface area contributed by atoms with Crippen molar-refractivity contribution in [2.45, 2.75) is 20.0 Å². The molecule has 0 aromatic heterocycles. The normalized spacial score (nSPS) is 11.3. The second-order valence-electron chi connectivity index (χ2n) is 5.44. The van der Waals surface area contributed by atoms with Crippen molar-refractivity contribution in [3.05, 3.63) is 58.1 Å². The first-order valence-electron chi connectivity index (χ1n) is 7.73. The Balaban J connectivity index is 2.19. The van der Waals surface area contributed by atoms with Gasteiger partial charge in [0.25, 0.3) is 11.6 Å². The maximum atomic E-state index is 12.4. The Morgan fingerprint density at radius 3 is 2.46 bits per heavy atom. The highest BCUT2D eigenvalue weighted by atomic mass is 16.6. The zero-order valence-electron chi connectivity index (χ0n) is 14.5. The van der Waals surface area contributed by atoms with E-state index in [1.54, 1.807) is 24.3 Å². The molecule has 0 bridgehead atoms. The Morgan fingerprint density at radius 1 is 1.15 bits per heavy atom. The number of nitro benzene ring substituents is 1. The van der Waals surface area contributed by atoms with Gasteiger partial charge in [0, 0.05) is 11.6 Å². The number of hydrogen-bond donors (Lipinski definition) is 1. The van der Waals surface area contributed by atoms with E-state index in [1.807, 2.05) is 0 Å². The van der Waals surface area contributed by atoms with Gasteiger partial charge in [-0.2, -0.15) is 0 Å². The first kappa shape index (κ1) is 18.9. The van der Waals surface area contributed by atoms with Crippen LogP contribution in [0.25, 0.3) is 0 Å². The minimum Gasteiger partial charge on any atom is -0.493 e. The lowest BCUT2D eigenvalue weighted by Gasteiger charge is -2.17. The van der Waals surface area contributed by atoms with Gasteiger partial charge in [0.15, 0.2) is 23.4 Å². The molecular formula is C18H18N2O6. The monoisotopic (exact) mass is 358 g/mol. The number of anilines is 1. The minimum absolute atomic E-state index is 0.0733. The quantitative estimate of drug-likeness (QED) is 0.462. The van der Waals surface area contributed by atoms with E-state index in [-0.39, 0.29) is 23.0 Å². The molecule has 0 saturated heterocycles. The van der Waals surface area contributed by atoms with E-state index in [4.69, 9.17) is 9.47 Å². The molecule has 8 nitrogen and oxygen atoms in total. The number of hydrogen-bond acceptors (Lipinski definition) is 6. The van der Waals surface area contributed by atoms with Gasteiger partial charge in [-0.15, -0.1) is 0 Å². The van der Waals surface area contributed by atoms with Crippen molar-refractivity contribution in [2.75, 3.05) is 12.4 Å². The van der Waals surface area contributed by atoms with Crippen molar-refractivity contribution in [2.24, 2.45) is 0 Å². The Kier molecular flexibility index (Phi) is 5.90. The van der Waals surface area contributed by atoms with Crippen LogP contribution >= 0.6 is 0 Å². The number of methoxy groups -OCH3 is 1. The van der Waals surface area contributed by atoms with Gasteiger partial charge in [-0.1, -0.05) is 12.1 Å². The topological polar surface area (TPSA) is 108 Å². The molecule has 0 aliphatic rings. The van der Waals surface area contributed by atoms with E-state index < -0.39 is 16.9 Å². The number of carbonyl (C=O) groups is 2. The van der Waals surface area contributed by atoms with E-state index in [9.17, 15) is 19.7 Å². The highest BCUT2D eigenvalue weighted by Gasteiger charge is 2.20. The lowest BCUT2D eigenvalue weighted by molar-refractivity contribution is -0.385. The first-order chi connectivity index (χ1) is 12.3. The molecule has 0 heterocycles. The molecule has 2 aromatic carbocycles.